The third kappa shape index (κ3) is 4.98. The second kappa shape index (κ2) is 10.4. The number of hydrogen-bond donors (Lipinski definition) is 0. The van der Waals surface area contributed by atoms with Crippen molar-refractivity contribution in [1.82, 2.24) is 14.5 Å². The highest BCUT2D eigenvalue weighted by molar-refractivity contribution is 6.31. The van der Waals surface area contributed by atoms with Crippen LogP contribution in [0, 0.1) is 12.8 Å². The van der Waals surface area contributed by atoms with Crippen LogP contribution in [0.3, 0.4) is 0 Å². The van der Waals surface area contributed by atoms with Crippen molar-refractivity contribution in [3.8, 4) is 5.75 Å². The number of Topliss-reactive ketones (excluding diaryl/α,β-unsaturated/α-hetero) is 1. The molecule has 1 aliphatic heterocycles. The average molecular weight is 534 g/mol. The Hall–Kier alpha value is -2.79. The summed E-state index contributed by atoms with van der Waals surface area (Å²) in [5.41, 5.74) is 6.38. The van der Waals surface area contributed by atoms with Crippen molar-refractivity contribution in [2.75, 3.05) is 13.7 Å². The van der Waals surface area contributed by atoms with Crippen LogP contribution < -0.4 is 4.74 Å². The number of pyridine rings is 1. The van der Waals surface area contributed by atoms with E-state index < -0.39 is 0 Å². The Morgan fingerprint density at radius 2 is 1.95 bits per heavy atom. The number of carbonyl (C=O) groups excluding carboxylic acids is 1. The fourth-order valence-corrected chi connectivity index (χ4v) is 7.09. The molecule has 3 heterocycles. The van der Waals surface area contributed by atoms with E-state index >= 15 is 0 Å². The quantitative estimate of drug-likeness (QED) is 0.293. The molecule has 2 aromatic heterocycles. The van der Waals surface area contributed by atoms with E-state index in [0.29, 0.717) is 28.2 Å². The maximum Gasteiger partial charge on any atom is 0.167 e. The lowest BCUT2D eigenvalue weighted by molar-refractivity contribution is 0.0897. The van der Waals surface area contributed by atoms with Crippen molar-refractivity contribution in [2.24, 2.45) is 13.0 Å². The summed E-state index contributed by atoms with van der Waals surface area (Å²) < 4.78 is 7.45. The highest BCUT2D eigenvalue weighted by atomic mass is 35.5. The molecule has 5 rings (SSSR count). The number of carbonyl (C=O) groups is 1. The summed E-state index contributed by atoms with van der Waals surface area (Å²) in [4.78, 5) is 20.7. The van der Waals surface area contributed by atoms with Crippen LogP contribution in [0.4, 0.5) is 0 Å². The van der Waals surface area contributed by atoms with Gasteiger partial charge in [0.15, 0.2) is 5.78 Å². The SMILES string of the molecule is C=C(C1CCCC1)N1CC[C@@H](c2cn(C)c3ncc(CC(=O)c4cc(Cl)cc(OC)c4)c(C)c23)CC1(C)C. The summed E-state index contributed by atoms with van der Waals surface area (Å²) in [6.07, 6.45) is 11.8. The van der Waals surface area contributed by atoms with Gasteiger partial charge in [-0.3, -0.25) is 4.79 Å². The van der Waals surface area contributed by atoms with Gasteiger partial charge in [0.1, 0.15) is 11.4 Å². The molecule has 1 saturated heterocycles. The number of ketones is 1. The molecule has 0 radical (unpaired) electrons. The lowest BCUT2D eigenvalue weighted by Gasteiger charge is -2.49. The molecule has 5 nitrogen and oxygen atoms in total. The molecule has 38 heavy (non-hydrogen) atoms. The number of nitrogens with zero attached hydrogens (tertiary/aromatic N) is 3. The number of halogens is 1. The van der Waals surface area contributed by atoms with Gasteiger partial charge in [0.25, 0.3) is 0 Å². The number of piperidine rings is 1. The third-order valence-corrected chi connectivity index (χ3v) is 9.17. The molecule has 1 saturated carbocycles. The maximum atomic E-state index is 13.2. The van der Waals surface area contributed by atoms with E-state index in [2.05, 4.69) is 50.1 Å². The third-order valence-electron chi connectivity index (χ3n) is 8.95. The van der Waals surface area contributed by atoms with Gasteiger partial charge in [0.2, 0.25) is 0 Å². The lowest BCUT2D eigenvalue weighted by atomic mass is 9.77. The molecular formula is C32H40ClN3O2. The van der Waals surface area contributed by atoms with Crippen LogP contribution in [0.25, 0.3) is 11.0 Å². The second-order valence-electron chi connectivity index (χ2n) is 11.9. The molecule has 1 atom stereocenters. The number of likely N-dealkylation sites (tertiary alicyclic amines) is 1. The Morgan fingerprint density at radius 1 is 1.21 bits per heavy atom. The monoisotopic (exact) mass is 533 g/mol. The fourth-order valence-electron chi connectivity index (χ4n) is 6.86. The summed E-state index contributed by atoms with van der Waals surface area (Å²) >= 11 is 6.23. The number of ether oxygens (including phenoxy) is 1. The van der Waals surface area contributed by atoms with Gasteiger partial charge >= 0.3 is 0 Å². The van der Waals surface area contributed by atoms with Crippen molar-refractivity contribution in [1.29, 1.82) is 0 Å². The van der Waals surface area contributed by atoms with Gasteiger partial charge in [0.05, 0.1) is 7.11 Å². The van der Waals surface area contributed by atoms with Crippen molar-refractivity contribution < 1.29 is 9.53 Å². The topological polar surface area (TPSA) is 47.4 Å². The first-order valence-corrected chi connectivity index (χ1v) is 14.2. The molecule has 0 spiro atoms. The Labute approximate surface area is 231 Å². The first kappa shape index (κ1) is 26.8. The summed E-state index contributed by atoms with van der Waals surface area (Å²) in [5.74, 6) is 1.67. The normalized spacial score (nSPS) is 19.7. The van der Waals surface area contributed by atoms with Gasteiger partial charge in [-0.05, 0) is 93.2 Å². The molecule has 0 unspecified atom stereocenters. The number of fused-ring (bicyclic) bond motifs is 1. The van der Waals surface area contributed by atoms with Crippen molar-refractivity contribution >= 4 is 28.4 Å². The molecule has 0 N–H and O–H groups in total. The standard InChI is InChI=1S/C32H40ClN3O2/c1-20-25(15-29(37)24-13-26(33)16-27(14-24)38-6)18-34-31-30(20)28(19-35(31)5)23-11-12-36(32(3,4)17-23)21(2)22-9-7-8-10-22/h13-14,16,18-19,22-23H,2,7-12,15,17H2,1,3-6H3/t23-/m1/s1. The molecule has 2 fully saturated rings. The van der Waals surface area contributed by atoms with E-state index in [0.717, 1.165) is 36.2 Å². The summed E-state index contributed by atoms with van der Waals surface area (Å²) in [7, 11) is 3.65. The molecule has 2 aliphatic rings. The largest absolute Gasteiger partial charge is 0.497 e. The molecule has 202 valence electrons. The van der Waals surface area contributed by atoms with Crippen LogP contribution in [-0.2, 0) is 13.5 Å². The highest BCUT2D eigenvalue weighted by Gasteiger charge is 2.39. The van der Waals surface area contributed by atoms with Crippen LogP contribution in [0.1, 0.15) is 85.3 Å². The van der Waals surface area contributed by atoms with Gasteiger partial charge in [0, 0.05) is 59.6 Å². The Balaban J connectivity index is 1.43. The van der Waals surface area contributed by atoms with Crippen molar-refractivity contribution in [3.63, 3.8) is 0 Å². The molecule has 1 aromatic carbocycles. The average Bonchev–Trinajstić information content (AvgIpc) is 3.53. The van der Waals surface area contributed by atoms with E-state index in [-0.39, 0.29) is 17.7 Å². The Bertz CT molecular complexity index is 1380. The maximum absolute atomic E-state index is 13.2. The minimum Gasteiger partial charge on any atom is -0.497 e. The number of hydrogen-bond acceptors (Lipinski definition) is 4. The lowest BCUT2D eigenvalue weighted by Crippen LogP contribution is -2.49. The first-order chi connectivity index (χ1) is 18.1. The zero-order chi connectivity index (χ0) is 27.2. The number of rotatable bonds is 7. The highest BCUT2D eigenvalue weighted by Crippen LogP contribution is 2.45. The van der Waals surface area contributed by atoms with Gasteiger partial charge in [-0.15, -0.1) is 0 Å². The molecule has 0 bridgehead atoms. The second-order valence-corrected chi connectivity index (χ2v) is 12.3. The Morgan fingerprint density at radius 3 is 2.63 bits per heavy atom. The van der Waals surface area contributed by atoms with Crippen LogP contribution in [0.2, 0.25) is 5.02 Å². The molecule has 6 heteroatoms. The van der Waals surface area contributed by atoms with Gasteiger partial charge in [-0.25, -0.2) is 4.98 Å². The summed E-state index contributed by atoms with van der Waals surface area (Å²) in [6.45, 7) is 12.5. The van der Waals surface area contributed by atoms with Crippen molar-refractivity contribution in [2.45, 2.75) is 77.2 Å². The van der Waals surface area contributed by atoms with E-state index in [4.69, 9.17) is 21.3 Å². The smallest absolute Gasteiger partial charge is 0.167 e. The van der Waals surface area contributed by atoms with Gasteiger partial charge in [-0.2, -0.15) is 0 Å². The summed E-state index contributed by atoms with van der Waals surface area (Å²) in [5, 5.41) is 1.69. The van der Waals surface area contributed by atoms with E-state index in [9.17, 15) is 4.79 Å². The zero-order valence-corrected chi connectivity index (χ0v) is 24.2. The van der Waals surface area contributed by atoms with Crippen molar-refractivity contribution in [3.05, 3.63) is 70.1 Å². The first-order valence-electron chi connectivity index (χ1n) is 13.9. The molecular weight excluding hydrogens is 494 g/mol. The molecule has 0 amide bonds. The molecule has 3 aromatic rings. The van der Waals surface area contributed by atoms with Crippen LogP contribution in [-0.4, -0.2) is 39.4 Å². The van der Waals surface area contributed by atoms with E-state index in [1.54, 1.807) is 25.3 Å². The fraction of sp³-hybridized carbons (Fsp3) is 0.500. The predicted molar refractivity (Wildman–Crippen MR) is 155 cm³/mol. The number of aromatic nitrogens is 2. The van der Waals surface area contributed by atoms with Crippen LogP contribution in [0.15, 0.2) is 42.9 Å². The van der Waals surface area contributed by atoms with Crippen LogP contribution in [0.5, 0.6) is 5.75 Å². The number of aryl methyl sites for hydroxylation is 2. The minimum atomic E-state index is 0.00685. The predicted octanol–water partition coefficient (Wildman–Crippen LogP) is 7.63. The van der Waals surface area contributed by atoms with Gasteiger partial charge in [-0.1, -0.05) is 31.0 Å². The summed E-state index contributed by atoms with van der Waals surface area (Å²) in [6, 6.07) is 5.17. The van der Waals surface area contributed by atoms with Crippen LogP contribution >= 0.6 is 11.6 Å². The minimum absolute atomic E-state index is 0.00685. The zero-order valence-electron chi connectivity index (χ0n) is 23.4. The number of benzene rings is 1. The van der Waals surface area contributed by atoms with Gasteiger partial charge < -0.3 is 14.2 Å². The number of allylic oxidation sites excluding steroid dienone is 1. The van der Waals surface area contributed by atoms with E-state index in [1.807, 2.05) is 6.20 Å². The van der Waals surface area contributed by atoms with E-state index in [1.165, 1.54) is 42.3 Å². The molecule has 1 aliphatic carbocycles. The Kier molecular flexibility index (Phi) is 7.34. The number of methoxy groups -OCH3 is 1.